The summed E-state index contributed by atoms with van der Waals surface area (Å²) in [7, 11) is 0. The highest BCUT2D eigenvalue weighted by Crippen LogP contribution is 2.09. The average Bonchev–Trinajstić information content (AvgIpc) is 2.45. The molecule has 118 valence electrons. The number of carbonyl (C=O) groups excluding carboxylic acids is 1. The van der Waals surface area contributed by atoms with Crippen LogP contribution in [0.3, 0.4) is 0 Å². The Morgan fingerprint density at radius 2 is 1.35 bits per heavy atom. The quantitative estimate of drug-likeness (QED) is 0.217. The number of ether oxygens (including phenoxy) is 1. The lowest BCUT2D eigenvalue weighted by atomic mass is 10.1. The van der Waals surface area contributed by atoms with Crippen LogP contribution in [-0.4, -0.2) is 5.97 Å². The number of allylic oxidation sites excluding steroid dienone is 1. The van der Waals surface area contributed by atoms with Gasteiger partial charge < -0.3 is 4.74 Å². The Kier molecular flexibility index (Phi) is 15.6. The highest BCUT2D eigenvalue weighted by molar-refractivity contribution is 5.69. The zero-order valence-corrected chi connectivity index (χ0v) is 13.7. The van der Waals surface area contributed by atoms with Crippen molar-refractivity contribution in [2.45, 2.75) is 97.3 Å². The molecular weight excluding hydrogens is 248 g/mol. The summed E-state index contributed by atoms with van der Waals surface area (Å²) in [6.45, 7) is 4.44. The Balaban J connectivity index is 3.25. The van der Waals surface area contributed by atoms with Gasteiger partial charge in [-0.3, -0.25) is 4.79 Å². The van der Waals surface area contributed by atoms with E-state index in [9.17, 15) is 4.79 Å². The predicted molar refractivity (Wildman–Crippen MR) is 86.6 cm³/mol. The van der Waals surface area contributed by atoms with E-state index in [-0.39, 0.29) is 5.97 Å². The molecule has 0 saturated carbocycles. The van der Waals surface area contributed by atoms with Gasteiger partial charge in [-0.15, -0.1) is 0 Å². The van der Waals surface area contributed by atoms with Crippen molar-refractivity contribution >= 4 is 5.97 Å². The van der Waals surface area contributed by atoms with Gasteiger partial charge in [0.25, 0.3) is 0 Å². The molecule has 20 heavy (non-hydrogen) atoms. The summed E-state index contributed by atoms with van der Waals surface area (Å²) in [5.74, 6) is -0.0802. The van der Waals surface area contributed by atoms with Crippen molar-refractivity contribution in [3.63, 3.8) is 0 Å². The Morgan fingerprint density at radius 3 is 2.00 bits per heavy atom. The second-order valence-electron chi connectivity index (χ2n) is 5.58. The molecule has 0 unspecified atom stereocenters. The van der Waals surface area contributed by atoms with Crippen LogP contribution in [0.15, 0.2) is 12.3 Å². The van der Waals surface area contributed by atoms with Crippen molar-refractivity contribution < 1.29 is 9.53 Å². The lowest BCUT2D eigenvalue weighted by molar-refractivity contribution is -0.138. The third-order valence-electron chi connectivity index (χ3n) is 3.50. The second kappa shape index (κ2) is 16.3. The lowest BCUT2D eigenvalue weighted by Crippen LogP contribution is -1.98. The van der Waals surface area contributed by atoms with Gasteiger partial charge >= 0.3 is 5.97 Å². The summed E-state index contributed by atoms with van der Waals surface area (Å²) in [6.07, 6.45) is 18.8. The van der Waals surface area contributed by atoms with Gasteiger partial charge in [0.05, 0.1) is 6.26 Å². The van der Waals surface area contributed by atoms with Crippen LogP contribution in [0, 0.1) is 0 Å². The van der Waals surface area contributed by atoms with E-state index >= 15 is 0 Å². The molecule has 0 atom stereocenters. The highest BCUT2D eigenvalue weighted by Gasteiger charge is 2.00. The van der Waals surface area contributed by atoms with Crippen molar-refractivity contribution in [1.82, 2.24) is 0 Å². The molecule has 0 aliphatic rings. The van der Waals surface area contributed by atoms with E-state index in [1.54, 1.807) is 6.26 Å². The molecule has 0 rings (SSSR count). The maximum absolute atomic E-state index is 11.4. The Bertz CT molecular complexity index is 234. The van der Waals surface area contributed by atoms with Crippen LogP contribution in [0.5, 0.6) is 0 Å². The highest BCUT2D eigenvalue weighted by atomic mass is 16.5. The summed E-state index contributed by atoms with van der Waals surface area (Å²) in [4.78, 5) is 11.4. The van der Waals surface area contributed by atoms with E-state index in [0.29, 0.717) is 6.42 Å². The standard InChI is InChI=1S/C18H34O2/c1-3-5-7-9-11-12-14-16-18(19)20-17-15-13-10-8-6-4-2/h15,17H,3-14,16H2,1-2H3. The first-order valence-corrected chi connectivity index (χ1v) is 8.65. The Hall–Kier alpha value is -0.790. The first-order valence-electron chi connectivity index (χ1n) is 8.65. The molecule has 0 amide bonds. The van der Waals surface area contributed by atoms with Crippen LogP contribution >= 0.6 is 0 Å². The van der Waals surface area contributed by atoms with Gasteiger partial charge in [0.15, 0.2) is 0 Å². The number of carbonyl (C=O) groups is 1. The molecule has 0 aromatic heterocycles. The molecule has 0 aliphatic heterocycles. The summed E-state index contributed by atoms with van der Waals surface area (Å²) in [5, 5.41) is 0. The summed E-state index contributed by atoms with van der Waals surface area (Å²) >= 11 is 0. The van der Waals surface area contributed by atoms with Gasteiger partial charge in [0.2, 0.25) is 0 Å². The number of esters is 1. The molecule has 0 radical (unpaired) electrons. The SMILES string of the molecule is CCCCCCC=COC(=O)CCCCCCCCC. The second-order valence-corrected chi connectivity index (χ2v) is 5.58. The van der Waals surface area contributed by atoms with Crippen LogP contribution in [-0.2, 0) is 9.53 Å². The van der Waals surface area contributed by atoms with Gasteiger partial charge in [-0.05, 0) is 25.3 Å². The molecule has 0 heterocycles. The molecule has 0 spiro atoms. The molecular formula is C18H34O2. The minimum Gasteiger partial charge on any atom is -0.435 e. The Labute approximate surface area is 126 Å². The zero-order valence-electron chi connectivity index (χ0n) is 13.7. The summed E-state index contributed by atoms with van der Waals surface area (Å²) in [6, 6.07) is 0. The Morgan fingerprint density at radius 1 is 0.800 bits per heavy atom. The van der Waals surface area contributed by atoms with Crippen molar-refractivity contribution in [1.29, 1.82) is 0 Å². The van der Waals surface area contributed by atoms with E-state index < -0.39 is 0 Å². The van der Waals surface area contributed by atoms with Crippen LogP contribution in [0.4, 0.5) is 0 Å². The third-order valence-corrected chi connectivity index (χ3v) is 3.50. The fraction of sp³-hybridized carbons (Fsp3) is 0.833. The largest absolute Gasteiger partial charge is 0.435 e. The van der Waals surface area contributed by atoms with Crippen molar-refractivity contribution in [3.8, 4) is 0 Å². The van der Waals surface area contributed by atoms with Crippen LogP contribution < -0.4 is 0 Å². The van der Waals surface area contributed by atoms with Crippen molar-refractivity contribution in [2.75, 3.05) is 0 Å². The van der Waals surface area contributed by atoms with Gasteiger partial charge in [-0.1, -0.05) is 71.6 Å². The number of rotatable bonds is 14. The minimum atomic E-state index is -0.0802. The van der Waals surface area contributed by atoms with E-state index in [2.05, 4.69) is 13.8 Å². The molecule has 0 saturated heterocycles. The number of hydrogen-bond donors (Lipinski definition) is 0. The summed E-state index contributed by atoms with van der Waals surface area (Å²) in [5.41, 5.74) is 0. The number of hydrogen-bond acceptors (Lipinski definition) is 2. The van der Waals surface area contributed by atoms with Gasteiger partial charge in [-0.2, -0.15) is 0 Å². The third kappa shape index (κ3) is 15.3. The van der Waals surface area contributed by atoms with Crippen molar-refractivity contribution in [3.05, 3.63) is 12.3 Å². The zero-order chi connectivity index (χ0) is 14.9. The van der Waals surface area contributed by atoms with E-state index in [1.165, 1.54) is 57.8 Å². The predicted octanol–water partition coefficient (Wildman–Crippen LogP) is 6.15. The van der Waals surface area contributed by atoms with Crippen LogP contribution in [0.2, 0.25) is 0 Å². The summed E-state index contributed by atoms with van der Waals surface area (Å²) < 4.78 is 5.07. The van der Waals surface area contributed by atoms with E-state index in [4.69, 9.17) is 4.74 Å². The fourth-order valence-corrected chi connectivity index (χ4v) is 2.17. The smallest absolute Gasteiger partial charge is 0.310 e. The fourth-order valence-electron chi connectivity index (χ4n) is 2.17. The molecule has 0 aliphatic carbocycles. The molecule has 0 aromatic carbocycles. The first kappa shape index (κ1) is 19.2. The molecule has 0 N–H and O–H groups in total. The molecule has 0 aromatic rings. The molecule has 0 fully saturated rings. The molecule has 2 heteroatoms. The van der Waals surface area contributed by atoms with Crippen molar-refractivity contribution in [2.24, 2.45) is 0 Å². The van der Waals surface area contributed by atoms with Crippen LogP contribution in [0.25, 0.3) is 0 Å². The van der Waals surface area contributed by atoms with Crippen LogP contribution in [0.1, 0.15) is 97.3 Å². The van der Waals surface area contributed by atoms with Gasteiger partial charge in [-0.25, -0.2) is 0 Å². The maximum Gasteiger partial charge on any atom is 0.310 e. The molecule has 0 bridgehead atoms. The van der Waals surface area contributed by atoms with Gasteiger partial charge in [0, 0.05) is 6.42 Å². The van der Waals surface area contributed by atoms with E-state index in [0.717, 1.165) is 19.3 Å². The number of unbranched alkanes of at least 4 members (excludes halogenated alkanes) is 10. The first-order chi connectivity index (χ1) is 9.81. The normalized spacial score (nSPS) is 11.1. The van der Waals surface area contributed by atoms with Gasteiger partial charge in [0.1, 0.15) is 0 Å². The van der Waals surface area contributed by atoms with E-state index in [1.807, 2.05) is 6.08 Å². The monoisotopic (exact) mass is 282 g/mol. The molecule has 2 nitrogen and oxygen atoms in total. The average molecular weight is 282 g/mol. The maximum atomic E-state index is 11.4. The topological polar surface area (TPSA) is 26.3 Å². The minimum absolute atomic E-state index is 0.0802. The lowest BCUT2D eigenvalue weighted by Gasteiger charge is -2.01.